The lowest BCUT2D eigenvalue weighted by molar-refractivity contribution is 0.0954. The third kappa shape index (κ3) is 3.97. The van der Waals surface area contributed by atoms with Crippen molar-refractivity contribution in [1.29, 1.82) is 0 Å². The summed E-state index contributed by atoms with van der Waals surface area (Å²) >= 11 is 0. The second-order valence-corrected chi connectivity index (χ2v) is 5.64. The zero-order chi connectivity index (χ0) is 15.2. The fourth-order valence-corrected chi connectivity index (χ4v) is 2.99. The molecule has 2 atom stereocenters. The molecule has 0 aromatic heterocycles. The van der Waals surface area contributed by atoms with Crippen molar-refractivity contribution in [3.63, 3.8) is 0 Å². The number of rotatable bonds is 6. The van der Waals surface area contributed by atoms with Crippen molar-refractivity contribution in [3.8, 4) is 11.5 Å². The Morgan fingerprint density at radius 2 is 2.14 bits per heavy atom. The summed E-state index contributed by atoms with van der Waals surface area (Å²) in [7, 11) is 3.19. The van der Waals surface area contributed by atoms with Crippen molar-refractivity contribution in [2.45, 2.75) is 38.6 Å². The number of piperidine rings is 1. The molecule has 2 rings (SSSR count). The fourth-order valence-electron chi connectivity index (χ4n) is 2.99. The van der Waals surface area contributed by atoms with E-state index in [1.54, 1.807) is 26.4 Å². The van der Waals surface area contributed by atoms with Gasteiger partial charge in [-0.3, -0.25) is 4.79 Å². The van der Waals surface area contributed by atoms with Crippen LogP contribution in [-0.2, 0) is 0 Å². The summed E-state index contributed by atoms with van der Waals surface area (Å²) in [5, 5.41) is 3.46. The van der Waals surface area contributed by atoms with Crippen molar-refractivity contribution in [1.82, 2.24) is 5.32 Å². The van der Waals surface area contributed by atoms with Gasteiger partial charge in [0, 0.05) is 12.5 Å². The van der Waals surface area contributed by atoms with E-state index in [2.05, 4.69) is 12.2 Å². The van der Waals surface area contributed by atoms with Crippen LogP contribution in [0.25, 0.3) is 0 Å². The average molecular weight is 291 g/mol. The zero-order valence-corrected chi connectivity index (χ0v) is 13.1. The van der Waals surface area contributed by atoms with Gasteiger partial charge in [0.25, 0.3) is 0 Å². The van der Waals surface area contributed by atoms with Crippen LogP contribution >= 0.6 is 0 Å². The highest BCUT2D eigenvalue weighted by atomic mass is 16.5. The molecule has 1 N–H and O–H groups in total. The number of hydrogen-bond acceptors (Lipinski definition) is 4. The Kier molecular flexibility index (Phi) is 5.62. The van der Waals surface area contributed by atoms with Crippen molar-refractivity contribution < 1.29 is 14.3 Å². The monoisotopic (exact) mass is 291 g/mol. The first-order valence-electron chi connectivity index (χ1n) is 7.66. The minimum Gasteiger partial charge on any atom is -0.497 e. The summed E-state index contributed by atoms with van der Waals surface area (Å²) in [5.41, 5.74) is 0.609. The van der Waals surface area contributed by atoms with Crippen molar-refractivity contribution in [2.24, 2.45) is 5.92 Å². The second kappa shape index (κ2) is 7.46. The molecule has 116 valence electrons. The van der Waals surface area contributed by atoms with E-state index in [0.29, 0.717) is 23.5 Å². The maximum atomic E-state index is 12.6. The van der Waals surface area contributed by atoms with Gasteiger partial charge >= 0.3 is 0 Å². The highest BCUT2D eigenvalue weighted by Gasteiger charge is 2.24. The van der Waals surface area contributed by atoms with Crippen LogP contribution in [0.5, 0.6) is 11.5 Å². The van der Waals surface area contributed by atoms with Gasteiger partial charge in [-0.2, -0.15) is 0 Å². The number of ether oxygens (including phenoxy) is 2. The molecule has 1 aromatic rings. The largest absolute Gasteiger partial charge is 0.497 e. The first kappa shape index (κ1) is 15.8. The van der Waals surface area contributed by atoms with Crippen molar-refractivity contribution in [2.75, 3.05) is 20.8 Å². The van der Waals surface area contributed by atoms with E-state index in [1.165, 1.54) is 12.8 Å². The van der Waals surface area contributed by atoms with Crippen LogP contribution in [-0.4, -0.2) is 32.6 Å². The standard InChI is InChI=1S/C17H25NO3/c1-4-12-7-8-18-13(9-12)10-16(19)15-11-14(20-2)5-6-17(15)21-3/h5-6,11-13,18H,4,7-10H2,1-3H3. The van der Waals surface area contributed by atoms with Crippen LogP contribution in [0.1, 0.15) is 43.0 Å². The summed E-state index contributed by atoms with van der Waals surface area (Å²) in [6.45, 7) is 3.23. The predicted octanol–water partition coefficient (Wildman–Crippen LogP) is 3.05. The summed E-state index contributed by atoms with van der Waals surface area (Å²) in [4.78, 5) is 12.6. The minimum atomic E-state index is 0.111. The van der Waals surface area contributed by atoms with E-state index in [0.717, 1.165) is 18.9 Å². The molecule has 0 spiro atoms. The Morgan fingerprint density at radius 1 is 1.33 bits per heavy atom. The van der Waals surface area contributed by atoms with Crippen LogP contribution in [0.15, 0.2) is 18.2 Å². The molecule has 1 heterocycles. The lowest BCUT2D eigenvalue weighted by Gasteiger charge is -2.29. The lowest BCUT2D eigenvalue weighted by Crippen LogP contribution is -2.39. The first-order chi connectivity index (χ1) is 10.2. The van der Waals surface area contributed by atoms with Gasteiger partial charge in [-0.15, -0.1) is 0 Å². The summed E-state index contributed by atoms with van der Waals surface area (Å²) in [6, 6.07) is 5.63. The molecule has 4 heteroatoms. The van der Waals surface area contributed by atoms with Crippen LogP contribution < -0.4 is 14.8 Å². The molecule has 1 saturated heterocycles. The van der Waals surface area contributed by atoms with Gasteiger partial charge in [-0.25, -0.2) is 0 Å². The second-order valence-electron chi connectivity index (χ2n) is 5.64. The van der Waals surface area contributed by atoms with E-state index in [-0.39, 0.29) is 11.8 Å². The zero-order valence-electron chi connectivity index (χ0n) is 13.1. The van der Waals surface area contributed by atoms with Gasteiger partial charge in [-0.05, 0) is 43.5 Å². The van der Waals surface area contributed by atoms with Crippen molar-refractivity contribution >= 4 is 5.78 Å². The summed E-state index contributed by atoms with van der Waals surface area (Å²) in [5.74, 6) is 2.14. The molecular weight excluding hydrogens is 266 g/mol. The van der Waals surface area contributed by atoms with Crippen LogP contribution in [0.4, 0.5) is 0 Å². The molecule has 0 radical (unpaired) electrons. The maximum absolute atomic E-state index is 12.6. The number of carbonyl (C=O) groups is 1. The Labute approximate surface area is 126 Å². The SMILES string of the molecule is CCC1CCNC(CC(=O)c2cc(OC)ccc2OC)C1. The number of carbonyl (C=O) groups excluding carboxylic acids is 1. The summed E-state index contributed by atoms with van der Waals surface area (Å²) < 4.78 is 10.5. The average Bonchev–Trinajstić information content (AvgIpc) is 2.54. The molecule has 21 heavy (non-hydrogen) atoms. The number of benzene rings is 1. The van der Waals surface area contributed by atoms with E-state index < -0.39 is 0 Å². The van der Waals surface area contributed by atoms with Crippen LogP contribution in [0.2, 0.25) is 0 Å². The smallest absolute Gasteiger partial charge is 0.168 e. The van der Waals surface area contributed by atoms with Gasteiger partial charge in [0.2, 0.25) is 0 Å². The number of Topliss-reactive ketones (excluding diaryl/α,β-unsaturated/α-hetero) is 1. The van der Waals surface area contributed by atoms with Crippen LogP contribution in [0, 0.1) is 5.92 Å². The molecular formula is C17H25NO3. The van der Waals surface area contributed by atoms with E-state index in [4.69, 9.17) is 9.47 Å². The molecule has 1 aliphatic heterocycles. The Balaban J connectivity index is 2.08. The topological polar surface area (TPSA) is 47.6 Å². The minimum absolute atomic E-state index is 0.111. The molecule has 4 nitrogen and oxygen atoms in total. The molecule has 0 saturated carbocycles. The molecule has 1 fully saturated rings. The molecule has 2 unspecified atom stereocenters. The van der Waals surface area contributed by atoms with Crippen LogP contribution in [0.3, 0.4) is 0 Å². The molecule has 0 amide bonds. The maximum Gasteiger partial charge on any atom is 0.168 e. The first-order valence-corrected chi connectivity index (χ1v) is 7.66. The Hall–Kier alpha value is -1.55. The van der Waals surface area contributed by atoms with E-state index in [9.17, 15) is 4.79 Å². The fraction of sp³-hybridized carbons (Fsp3) is 0.588. The third-order valence-electron chi connectivity index (χ3n) is 4.32. The molecule has 0 bridgehead atoms. The lowest BCUT2D eigenvalue weighted by atomic mass is 9.87. The Bertz CT molecular complexity index is 487. The van der Waals surface area contributed by atoms with Gasteiger partial charge in [0.15, 0.2) is 5.78 Å². The van der Waals surface area contributed by atoms with E-state index in [1.807, 2.05) is 6.07 Å². The van der Waals surface area contributed by atoms with Gasteiger partial charge < -0.3 is 14.8 Å². The van der Waals surface area contributed by atoms with Gasteiger partial charge in [0.05, 0.1) is 19.8 Å². The number of hydrogen-bond donors (Lipinski definition) is 1. The quantitative estimate of drug-likeness (QED) is 0.818. The van der Waals surface area contributed by atoms with E-state index >= 15 is 0 Å². The molecule has 1 aliphatic rings. The number of methoxy groups -OCH3 is 2. The van der Waals surface area contributed by atoms with Crippen molar-refractivity contribution in [3.05, 3.63) is 23.8 Å². The normalized spacial score (nSPS) is 21.9. The highest BCUT2D eigenvalue weighted by Crippen LogP contribution is 2.27. The number of ketones is 1. The summed E-state index contributed by atoms with van der Waals surface area (Å²) in [6.07, 6.45) is 3.99. The Morgan fingerprint density at radius 3 is 2.81 bits per heavy atom. The molecule has 0 aliphatic carbocycles. The van der Waals surface area contributed by atoms with Gasteiger partial charge in [0.1, 0.15) is 11.5 Å². The third-order valence-corrected chi connectivity index (χ3v) is 4.32. The molecule has 1 aromatic carbocycles. The van der Waals surface area contributed by atoms with Gasteiger partial charge in [-0.1, -0.05) is 13.3 Å². The number of nitrogens with one attached hydrogen (secondary N) is 1. The predicted molar refractivity (Wildman–Crippen MR) is 83.3 cm³/mol. The highest BCUT2D eigenvalue weighted by molar-refractivity contribution is 5.99.